The van der Waals surface area contributed by atoms with Gasteiger partial charge in [-0.2, -0.15) is 0 Å². The highest BCUT2D eigenvalue weighted by molar-refractivity contribution is 7.09. The molecule has 0 aliphatic heterocycles. The number of hydrogen-bond acceptors (Lipinski definition) is 4. The van der Waals surface area contributed by atoms with E-state index in [2.05, 4.69) is 38.8 Å². The molecule has 0 radical (unpaired) electrons. The van der Waals surface area contributed by atoms with Gasteiger partial charge in [-0.15, -0.1) is 11.3 Å². The Bertz CT molecular complexity index is 515. The largest absolute Gasteiger partial charge is 0.410 e. The first-order valence-electron chi connectivity index (χ1n) is 7.28. The summed E-state index contributed by atoms with van der Waals surface area (Å²) in [6.07, 6.45) is 3.23. The van der Waals surface area contributed by atoms with Crippen molar-refractivity contribution in [3.8, 4) is 0 Å². The fourth-order valence-corrected chi connectivity index (χ4v) is 3.64. The number of thiazole rings is 1. The van der Waals surface area contributed by atoms with Crippen LogP contribution in [0, 0.1) is 6.92 Å². The number of nitrogens with zero attached hydrogens (tertiary/aromatic N) is 1. The van der Waals surface area contributed by atoms with Crippen LogP contribution in [0.15, 0.2) is 11.0 Å². The van der Waals surface area contributed by atoms with Crippen molar-refractivity contribution in [1.82, 2.24) is 4.98 Å². The summed E-state index contributed by atoms with van der Waals surface area (Å²) in [6.45, 7) is 15.1. The maximum atomic E-state index is 11.0. The van der Waals surface area contributed by atoms with Gasteiger partial charge in [-0.1, -0.05) is 20.8 Å². The summed E-state index contributed by atoms with van der Waals surface area (Å²) in [5, 5.41) is 3.21. The predicted molar refractivity (Wildman–Crippen MR) is 93.3 cm³/mol. The van der Waals surface area contributed by atoms with Crippen LogP contribution >= 0.6 is 11.3 Å². The molecule has 118 valence electrons. The Morgan fingerprint density at radius 3 is 2.52 bits per heavy atom. The molecule has 0 unspecified atom stereocenters. The lowest BCUT2D eigenvalue weighted by Gasteiger charge is -2.39. The van der Waals surface area contributed by atoms with E-state index >= 15 is 0 Å². The molecule has 0 aromatic carbocycles. The van der Waals surface area contributed by atoms with Gasteiger partial charge in [0.1, 0.15) is 6.29 Å². The molecule has 3 nitrogen and oxygen atoms in total. The minimum absolute atomic E-state index is 0.131. The van der Waals surface area contributed by atoms with Gasteiger partial charge in [-0.05, 0) is 43.6 Å². The maximum Gasteiger partial charge on any atom is 0.192 e. The lowest BCUT2D eigenvalue weighted by Crippen LogP contribution is -2.44. The average molecular weight is 326 g/mol. The zero-order chi connectivity index (χ0) is 16.3. The molecule has 1 heterocycles. The highest BCUT2D eigenvalue weighted by atomic mass is 32.1. The monoisotopic (exact) mass is 325 g/mol. The molecule has 0 saturated heterocycles. The Labute approximate surface area is 133 Å². The van der Waals surface area contributed by atoms with Crippen LogP contribution in [0.5, 0.6) is 0 Å². The molecule has 1 aromatic rings. The van der Waals surface area contributed by atoms with Crippen molar-refractivity contribution < 1.29 is 9.22 Å². The van der Waals surface area contributed by atoms with Crippen LogP contribution in [0.3, 0.4) is 0 Å². The van der Waals surface area contributed by atoms with E-state index < -0.39 is 8.32 Å². The third-order valence-electron chi connectivity index (χ3n) is 4.07. The van der Waals surface area contributed by atoms with Gasteiger partial charge in [-0.3, -0.25) is 0 Å². The summed E-state index contributed by atoms with van der Waals surface area (Å²) >= 11 is 1.63. The summed E-state index contributed by atoms with van der Waals surface area (Å²) in [6, 6.07) is 0. The Hall–Kier alpha value is -0.783. The van der Waals surface area contributed by atoms with E-state index in [1.54, 1.807) is 11.3 Å². The molecule has 5 heteroatoms. The van der Waals surface area contributed by atoms with Crippen molar-refractivity contribution in [3.05, 3.63) is 21.7 Å². The van der Waals surface area contributed by atoms with Crippen molar-refractivity contribution >= 4 is 32.0 Å². The molecule has 0 aliphatic carbocycles. The highest BCUT2D eigenvalue weighted by Gasteiger charge is 2.39. The number of aromatic nitrogens is 1. The van der Waals surface area contributed by atoms with Gasteiger partial charge in [0.15, 0.2) is 8.32 Å². The van der Waals surface area contributed by atoms with Crippen molar-refractivity contribution in [3.63, 3.8) is 0 Å². The molecule has 0 fully saturated rings. The van der Waals surface area contributed by atoms with E-state index in [0.29, 0.717) is 6.42 Å². The molecule has 0 aliphatic rings. The Balaban J connectivity index is 2.96. The van der Waals surface area contributed by atoms with Crippen LogP contribution in [0.4, 0.5) is 0 Å². The van der Waals surface area contributed by atoms with Crippen molar-refractivity contribution in [1.29, 1.82) is 0 Å². The van der Waals surface area contributed by atoms with Gasteiger partial charge >= 0.3 is 0 Å². The number of carbonyl (C=O) groups excluding carboxylic acids is 1. The molecule has 0 N–H and O–H groups in total. The van der Waals surface area contributed by atoms with Gasteiger partial charge in [0.05, 0.1) is 16.8 Å². The van der Waals surface area contributed by atoms with Gasteiger partial charge in [-0.25, -0.2) is 4.98 Å². The van der Waals surface area contributed by atoms with Crippen LogP contribution in [-0.2, 0) is 9.22 Å². The number of hydrogen-bond donors (Lipinski definition) is 0. The van der Waals surface area contributed by atoms with Crippen molar-refractivity contribution in [2.75, 3.05) is 0 Å². The third-order valence-corrected chi connectivity index (χ3v) is 9.35. The smallest absolute Gasteiger partial charge is 0.192 e. The van der Waals surface area contributed by atoms with E-state index in [9.17, 15) is 4.79 Å². The number of carbonyl (C=O) groups is 1. The molecule has 0 saturated carbocycles. The first-order chi connectivity index (χ1) is 9.56. The Kier molecular flexibility index (Phi) is 6.08. The van der Waals surface area contributed by atoms with Gasteiger partial charge in [0, 0.05) is 11.8 Å². The van der Waals surface area contributed by atoms with Gasteiger partial charge in [0.25, 0.3) is 0 Å². The van der Waals surface area contributed by atoms with Crippen LogP contribution in [0.2, 0.25) is 18.1 Å². The number of aryl methyl sites for hydroxylation is 1. The van der Waals surface area contributed by atoms with E-state index in [1.807, 2.05) is 25.3 Å². The quantitative estimate of drug-likeness (QED) is 0.555. The first kappa shape index (κ1) is 18.3. The fourth-order valence-electron chi connectivity index (χ4n) is 1.72. The lowest BCUT2D eigenvalue weighted by atomic mass is 10.1. The Morgan fingerprint density at radius 1 is 1.48 bits per heavy atom. The van der Waals surface area contributed by atoms with Crippen molar-refractivity contribution in [2.45, 2.75) is 65.3 Å². The predicted octanol–water partition coefficient (Wildman–Crippen LogP) is 4.83. The standard InChI is InChI=1S/C16H27NO2SSi/c1-12(10-14-11-20-13(2)17-14)15(8-9-18)19-21(6,7)16(3,4)5/h9-11,15H,8H2,1-7H3/b12-10+/t15-/m0/s1. The average Bonchev–Trinajstić information content (AvgIpc) is 2.72. The maximum absolute atomic E-state index is 11.0. The zero-order valence-electron chi connectivity index (χ0n) is 14.2. The summed E-state index contributed by atoms with van der Waals surface area (Å²) in [7, 11) is -1.90. The molecule has 1 atom stereocenters. The second-order valence-corrected chi connectivity index (χ2v) is 12.8. The SMILES string of the molecule is C/C(=C\c1csc(C)n1)[C@H](CC=O)O[Si](C)(C)C(C)(C)C. The summed E-state index contributed by atoms with van der Waals surface area (Å²) in [5.74, 6) is 0. The van der Waals surface area contributed by atoms with E-state index in [4.69, 9.17) is 4.43 Å². The van der Waals surface area contributed by atoms with Crippen LogP contribution in [-0.4, -0.2) is 25.7 Å². The molecule has 1 rings (SSSR count). The van der Waals surface area contributed by atoms with Gasteiger partial charge in [0.2, 0.25) is 0 Å². The first-order valence-corrected chi connectivity index (χ1v) is 11.1. The van der Waals surface area contributed by atoms with Gasteiger partial charge < -0.3 is 9.22 Å². The molecule has 0 amide bonds. The highest BCUT2D eigenvalue weighted by Crippen LogP contribution is 2.38. The molecule has 0 bridgehead atoms. The summed E-state index contributed by atoms with van der Waals surface area (Å²) in [4.78, 5) is 15.5. The molecular weight excluding hydrogens is 298 g/mol. The van der Waals surface area contributed by atoms with Crippen molar-refractivity contribution in [2.24, 2.45) is 0 Å². The Morgan fingerprint density at radius 2 is 2.10 bits per heavy atom. The minimum atomic E-state index is -1.90. The van der Waals surface area contributed by atoms with Crippen LogP contribution < -0.4 is 0 Å². The zero-order valence-corrected chi connectivity index (χ0v) is 16.0. The van der Waals surface area contributed by atoms with E-state index in [0.717, 1.165) is 22.6 Å². The normalized spacial score (nSPS) is 15.1. The second kappa shape index (κ2) is 6.98. The van der Waals surface area contributed by atoms with Crippen LogP contribution in [0.1, 0.15) is 44.8 Å². The fraction of sp³-hybridized carbons (Fsp3) is 0.625. The number of aldehydes is 1. The number of rotatable bonds is 6. The van der Waals surface area contributed by atoms with Crippen LogP contribution in [0.25, 0.3) is 6.08 Å². The topological polar surface area (TPSA) is 39.2 Å². The molecule has 21 heavy (non-hydrogen) atoms. The van der Waals surface area contributed by atoms with E-state index in [-0.39, 0.29) is 11.1 Å². The summed E-state index contributed by atoms with van der Waals surface area (Å²) in [5.41, 5.74) is 2.02. The molecule has 1 aromatic heterocycles. The minimum Gasteiger partial charge on any atom is -0.410 e. The third kappa shape index (κ3) is 5.16. The second-order valence-electron chi connectivity index (χ2n) is 6.95. The summed E-state index contributed by atoms with van der Waals surface area (Å²) < 4.78 is 6.40. The molecule has 0 spiro atoms. The molecular formula is C16H27NO2SSi. The van der Waals surface area contributed by atoms with E-state index in [1.165, 1.54) is 0 Å². The lowest BCUT2D eigenvalue weighted by molar-refractivity contribution is -0.109.